The number of benzene rings is 3. The van der Waals surface area contributed by atoms with Gasteiger partial charge < -0.3 is 15.0 Å². The number of hydrogen-bond acceptors (Lipinski definition) is 4. The van der Waals surface area contributed by atoms with Crippen LogP contribution in [0.2, 0.25) is 5.02 Å². The normalized spacial score (nSPS) is 12.4. The minimum atomic E-state index is -3.56. The summed E-state index contributed by atoms with van der Waals surface area (Å²) in [7, 11) is -3.56. The summed E-state index contributed by atoms with van der Waals surface area (Å²) in [5.41, 5.74) is 2.68. The van der Waals surface area contributed by atoms with Gasteiger partial charge in [0.25, 0.3) is 5.91 Å². The van der Waals surface area contributed by atoms with E-state index in [1.807, 2.05) is 22.9 Å². The number of fused-ring (bicyclic) bond motifs is 1. The Bertz CT molecular complexity index is 1520. The molecule has 0 spiro atoms. The van der Waals surface area contributed by atoms with Crippen LogP contribution in [0.3, 0.4) is 0 Å². The van der Waals surface area contributed by atoms with Crippen LogP contribution in [0.15, 0.2) is 77.8 Å². The zero-order valence-electron chi connectivity index (χ0n) is 19.0. The summed E-state index contributed by atoms with van der Waals surface area (Å²) >= 11 is 5.99. The second kappa shape index (κ2) is 9.56. The van der Waals surface area contributed by atoms with Crippen molar-refractivity contribution < 1.29 is 23.1 Å². The highest BCUT2D eigenvalue weighted by molar-refractivity contribution is 7.90. The largest absolute Gasteiger partial charge is 0.478 e. The molecule has 4 aromatic rings. The van der Waals surface area contributed by atoms with Crippen molar-refractivity contribution in [3.05, 3.63) is 100 Å². The maximum atomic E-state index is 13.4. The summed E-state index contributed by atoms with van der Waals surface area (Å²) in [4.78, 5) is 24.6. The number of aromatic nitrogens is 1. The van der Waals surface area contributed by atoms with Crippen LogP contribution in [0.5, 0.6) is 0 Å². The van der Waals surface area contributed by atoms with Crippen LogP contribution in [-0.4, -0.2) is 36.2 Å². The molecule has 0 saturated heterocycles. The Morgan fingerprint density at radius 2 is 1.69 bits per heavy atom. The quantitative estimate of drug-likeness (QED) is 0.366. The molecule has 0 unspecified atom stereocenters. The molecule has 0 fully saturated rings. The van der Waals surface area contributed by atoms with Crippen molar-refractivity contribution in [2.45, 2.75) is 24.4 Å². The lowest BCUT2D eigenvalue weighted by Gasteiger charge is -2.17. The standard InChI is InChI=1S/C26H23ClN2O5S/c1-16(18-5-7-19(8-6-18)26(31)32)28-25(30)23-14-22(35(2,33)34)13-20-11-12-29(24(20)23)15-17-3-9-21(27)10-4-17/h3-14,16H,15H2,1-2H3,(H,28,30)(H,31,32)/t16-/m0/s1. The Balaban J connectivity index is 1.73. The van der Waals surface area contributed by atoms with Gasteiger partial charge in [0.1, 0.15) is 0 Å². The summed E-state index contributed by atoms with van der Waals surface area (Å²) in [5.74, 6) is -1.47. The first-order chi connectivity index (χ1) is 16.5. The number of aromatic carboxylic acids is 1. The van der Waals surface area contributed by atoms with E-state index in [9.17, 15) is 18.0 Å². The number of nitrogens with one attached hydrogen (secondary N) is 1. The van der Waals surface area contributed by atoms with Crippen LogP contribution in [0.4, 0.5) is 0 Å². The number of carboxylic acids is 1. The lowest BCUT2D eigenvalue weighted by Crippen LogP contribution is -2.27. The molecule has 1 heterocycles. The van der Waals surface area contributed by atoms with E-state index < -0.39 is 27.8 Å². The number of nitrogens with zero attached hydrogens (tertiary/aromatic N) is 1. The zero-order chi connectivity index (χ0) is 25.3. The third kappa shape index (κ3) is 5.39. The molecular weight excluding hydrogens is 488 g/mol. The molecule has 0 saturated carbocycles. The third-order valence-corrected chi connectivity index (χ3v) is 7.12. The fourth-order valence-electron chi connectivity index (χ4n) is 3.90. The predicted octanol–water partition coefficient (Wildman–Crippen LogP) is 4.94. The van der Waals surface area contributed by atoms with E-state index in [4.69, 9.17) is 16.7 Å². The Labute approximate surface area is 207 Å². The van der Waals surface area contributed by atoms with E-state index in [1.54, 1.807) is 43.3 Å². The van der Waals surface area contributed by atoms with Crippen molar-refractivity contribution in [2.24, 2.45) is 0 Å². The molecule has 0 radical (unpaired) electrons. The molecule has 1 amide bonds. The molecule has 7 nitrogen and oxygen atoms in total. The van der Waals surface area contributed by atoms with Gasteiger partial charge >= 0.3 is 5.97 Å². The molecule has 9 heteroatoms. The summed E-state index contributed by atoms with van der Waals surface area (Å²) in [5, 5.41) is 13.3. The van der Waals surface area contributed by atoms with Crippen LogP contribution < -0.4 is 5.32 Å². The number of amides is 1. The molecule has 0 aliphatic carbocycles. The number of carbonyl (C=O) groups is 2. The van der Waals surface area contributed by atoms with Gasteiger partial charge in [0, 0.05) is 29.4 Å². The first kappa shape index (κ1) is 24.5. The molecule has 1 aromatic heterocycles. The second-order valence-corrected chi connectivity index (χ2v) is 10.8. The summed E-state index contributed by atoms with van der Waals surface area (Å²) in [6.45, 7) is 2.24. The van der Waals surface area contributed by atoms with Crippen LogP contribution in [0.1, 0.15) is 44.8 Å². The molecule has 180 valence electrons. The number of sulfone groups is 1. The van der Waals surface area contributed by atoms with E-state index in [-0.39, 0.29) is 16.0 Å². The average Bonchev–Trinajstić information content (AvgIpc) is 3.22. The zero-order valence-corrected chi connectivity index (χ0v) is 20.6. The highest BCUT2D eigenvalue weighted by Crippen LogP contribution is 2.27. The number of hydrogen-bond donors (Lipinski definition) is 2. The van der Waals surface area contributed by atoms with Crippen molar-refractivity contribution in [3.8, 4) is 0 Å². The van der Waals surface area contributed by atoms with Gasteiger partial charge in [0.05, 0.1) is 27.6 Å². The monoisotopic (exact) mass is 510 g/mol. The topological polar surface area (TPSA) is 105 Å². The smallest absolute Gasteiger partial charge is 0.335 e. The molecular formula is C26H23ClN2O5S. The van der Waals surface area contributed by atoms with Crippen LogP contribution in [-0.2, 0) is 16.4 Å². The van der Waals surface area contributed by atoms with Crippen molar-refractivity contribution in [2.75, 3.05) is 6.26 Å². The van der Waals surface area contributed by atoms with Crippen LogP contribution in [0, 0.1) is 0 Å². The second-order valence-electron chi connectivity index (χ2n) is 8.37. The lowest BCUT2D eigenvalue weighted by atomic mass is 10.0. The summed E-state index contributed by atoms with van der Waals surface area (Å²) in [6, 6.07) is 17.9. The fourth-order valence-corrected chi connectivity index (χ4v) is 4.70. The van der Waals surface area contributed by atoms with E-state index in [1.165, 1.54) is 18.2 Å². The maximum absolute atomic E-state index is 13.4. The molecule has 2 N–H and O–H groups in total. The maximum Gasteiger partial charge on any atom is 0.335 e. The molecule has 35 heavy (non-hydrogen) atoms. The Hall–Kier alpha value is -3.62. The van der Waals surface area contributed by atoms with E-state index in [0.29, 0.717) is 22.5 Å². The van der Waals surface area contributed by atoms with Crippen molar-refractivity contribution in [3.63, 3.8) is 0 Å². The first-order valence-corrected chi connectivity index (χ1v) is 13.0. The van der Waals surface area contributed by atoms with Gasteiger partial charge in [-0.2, -0.15) is 0 Å². The van der Waals surface area contributed by atoms with Crippen molar-refractivity contribution in [1.29, 1.82) is 0 Å². The number of halogens is 1. The highest BCUT2D eigenvalue weighted by atomic mass is 35.5. The van der Waals surface area contributed by atoms with Gasteiger partial charge in [-0.1, -0.05) is 35.9 Å². The molecule has 0 bridgehead atoms. The van der Waals surface area contributed by atoms with E-state index >= 15 is 0 Å². The molecule has 3 aromatic carbocycles. The SMILES string of the molecule is C[C@H](NC(=O)c1cc(S(C)(=O)=O)cc2ccn(Cc3ccc(Cl)cc3)c12)c1ccc(C(=O)O)cc1. The van der Waals surface area contributed by atoms with E-state index in [2.05, 4.69) is 5.32 Å². The van der Waals surface area contributed by atoms with Gasteiger partial charge in [-0.3, -0.25) is 4.79 Å². The highest BCUT2D eigenvalue weighted by Gasteiger charge is 2.21. The van der Waals surface area contributed by atoms with Gasteiger partial charge in [0.2, 0.25) is 0 Å². The number of rotatable bonds is 7. The lowest BCUT2D eigenvalue weighted by molar-refractivity contribution is 0.0696. The first-order valence-electron chi connectivity index (χ1n) is 10.7. The van der Waals surface area contributed by atoms with E-state index in [0.717, 1.165) is 17.4 Å². The fraction of sp³-hybridized carbons (Fsp3) is 0.154. The molecule has 4 rings (SSSR count). The Morgan fingerprint density at radius 1 is 1.03 bits per heavy atom. The van der Waals surface area contributed by atoms with Gasteiger partial charge in [-0.25, -0.2) is 13.2 Å². The minimum Gasteiger partial charge on any atom is -0.478 e. The third-order valence-electron chi connectivity index (χ3n) is 5.78. The van der Waals surface area contributed by atoms with Crippen molar-refractivity contribution >= 4 is 44.2 Å². The molecule has 0 aliphatic heterocycles. The van der Waals surface area contributed by atoms with Crippen LogP contribution in [0.25, 0.3) is 10.9 Å². The van der Waals surface area contributed by atoms with Crippen LogP contribution >= 0.6 is 11.6 Å². The Morgan fingerprint density at radius 3 is 2.29 bits per heavy atom. The average molecular weight is 511 g/mol. The number of carboxylic acid groups (broad SMARTS) is 1. The van der Waals surface area contributed by atoms with Gasteiger partial charge in [0.15, 0.2) is 9.84 Å². The van der Waals surface area contributed by atoms with Gasteiger partial charge in [-0.05, 0) is 60.5 Å². The molecule has 1 atom stereocenters. The summed E-state index contributed by atoms with van der Waals surface area (Å²) < 4.78 is 26.5. The number of carbonyl (C=O) groups excluding carboxylic acids is 1. The van der Waals surface area contributed by atoms with Crippen molar-refractivity contribution in [1.82, 2.24) is 9.88 Å². The summed E-state index contributed by atoms with van der Waals surface area (Å²) in [6.07, 6.45) is 2.92. The van der Waals surface area contributed by atoms with Gasteiger partial charge in [-0.15, -0.1) is 0 Å². The predicted molar refractivity (Wildman–Crippen MR) is 135 cm³/mol. The minimum absolute atomic E-state index is 0.0536. The molecule has 0 aliphatic rings. The Kier molecular flexibility index (Phi) is 6.69.